The molecule has 0 saturated carbocycles. The fraction of sp³-hybridized carbons (Fsp3) is 0.500. The zero-order valence-corrected chi connectivity index (χ0v) is 14.4. The van der Waals surface area contributed by atoms with Gasteiger partial charge in [-0.15, -0.1) is 0 Å². The first-order valence-corrected chi connectivity index (χ1v) is 8.61. The molecule has 3 heterocycles. The van der Waals surface area contributed by atoms with Crippen molar-refractivity contribution in [2.75, 3.05) is 26.3 Å². The van der Waals surface area contributed by atoms with Crippen LogP contribution < -0.4 is 0 Å². The van der Waals surface area contributed by atoms with E-state index in [1.54, 1.807) is 11.8 Å². The predicted octanol–water partition coefficient (Wildman–Crippen LogP) is 2.69. The minimum absolute atomic E-state index is 0.0955. The molecule has 4 rings (SSSR count). The van der Waals surface area contributed by atoms with Crippen molar-refractivity contribution in [2.24, 2.45) is 5.41 Å². The van der Waals surface area contributed by atoms with Crippen LogP contribution in [0.5, 0.6) is 0 Å². The monoisotopic (exact) mass is 363 g/mol. The molecule has 26 heavy (non-hydrogen) atoms. The number of hydrogen-bond donors (Lipinski definition) is 0. The Balaban J connectivity index is 1.64. The Hall–Kier alpha value is -2.35. The van der Waals surface area contributed by atoms with Gasteiger partial charge in [-0.05, 0) is 38.0 Å². The van der Waals surface area contributed by atoms with Gasteiger partial charge in [-0.3, -0.25) is 4.79 Å². The maximum Gasteiger partial charge on any atom is 0.254 e. The second-order valence-electron chi connectivity index (χ2n) is 7.02. The number of ether oxygens (including phenoxy) is 1. The molecule has 1 amide bonds. The van der Waals surface area contributed by atoms with Crippen LogP contribution in [-0.2, 0) is 4.74 Å². The number of carbonyl (C=O) groups is 1. The van der Waals surface area contributed by atoms with Crippen LogP contribution in [0.15, 0.2) is 22.7 Å². The first-order chi connectivity index (χ1) is 12.5. The molecule has 0 radical (unpaired) electrons. The van der Waals surface area contributed by atoms with Gasteiger partial charge in [0.15, 0.2) is 17.5 Å². The van der Waals surface area contributed by atoms with E-state index in [1.165, 1.54) is 6.07 Å². The minimum Gasteiger partial charge on any atom is -0.381 e. The number of nitrogens with zero attached hydrogens (tertiary/aromatic N) is 3. The average molecular weight is 363 g/mol. The molecule has 2 fully saturated rings. The van der Waals surface area contributed by atoms with Gasteiger partial charge in [-0.1, -0.05) is 5.16 Å². The first-order valence-electron chi connectivity index (χ1n) is 8.61. The van der Waals surface area contributed by atoms with Gasteiger partial charge in [-0.25, -0.2) is 8.78 Å². The smallest absolute Gasteiger partial charge is 0.254 e. The molecular weight excluding hydrogens is 344 g/mol. The summed E-state index contributed by atoms with van der Waals surface area (Å²) in [6, 6.07) is 3.22. The maximum absolute atomic E-state index is 13.5. The van der Waals surface area contributed by atoms with Crippen LogP contribution in [0, 0.1) is 24.0 Å². The quantitative estimate of drug-likeness (QED) is 0.821. The van der Waals surface area contributed by atoms with Crippen molar-refractivity contribution in [3.8, 4) is 0 Å². The van der Waals surface area contributed by atoms with Crippen molar-refractivity contribution in [1.82, 2.24) is 15.0 Å². The number of hydrogen-bond acceptors (Lipinski definition) is 5. The van der Waals surface area contributed by atoms with E-state index in [-0.39, 0.29) is 22.8 Å². The van der Waals surface area contributed by atoms with E-state index in [0.717, 1.165) is 25.0 Å². The molecule has 8 heteroatoms. The molecule has 138 valence electrons. The number of aryl methyl sites for hydroxylation is 1. The standard InChI is InChI=1S/C18H19F2N3O3/c1-11-21-16(26-22-11)13-9-23(10-18(13)4-6-25-7-5-18)17(24)12-2-3-14(19)15(20)8-12/h2-3,8,13H,4-7,9-10H2,1H3. The third-order valence-electron chi connectivity index (χ3n) is 5.43. The summed E-state index contributed by atoms with van der Waals surface area (Å²) in [6.45, 7) is 3.87. The predicted molar refractivity (Wildman–Crippen MR) is 86.5 cm³/mol. The third-order valence-corrected chi connectivity index (χ3v) is 5.43. The highest BCUT2D eigenvalue weighted by Crippen LogP contribution is 2.49. The van der Waals surface area contributed by atoms with Crippen molar-refractivity contribution in [2.45, 2.75) is 25.7 Å². The van der Waals surface area contributed by atoms with Crippen molar-refractivity contribution in [3.63, 3.8) is 0 Å². The normalized spacial score (nSPS) is 22.1. The summed E-state index contributed by atoms with van der Waals surface area (Å²) in [7, 11) is 0. The number of likely N-dealkylation sites (tertiary alicyclic amines) is 1. The number of rotatable bonds is 2. The van der Waals surface area contributed by atoms with Crippen LogP contribution in [0.2, 0.25) is 0 Å². The molecule has 0 aliphatic carbocycles. The van der Waals surface area contributed by atoms with Crippen molar-refractivity contribution in [3.05, 3.63) is 47.1 Å². The highest BCUT2D eigenvalue weighted by atomic mass is 19.2. The van der Waals surface area contributed by atoms with Crippen molar-refractivity contribution < 1.29 is 22.8 Å². The Morgan fingerprint density at radius 1 is 1.27 bits per heavy atom. The Kier molecular flexibility index (Phi) is 4.22. The summed E-state index contributed by atoms with van der Waals surface area (Å²) in [5.41, 5.74) is -0.0701. The maximum atomic E-state index is 13.5. The Bertz CT molecular complexity index is 833. The molecule has 0 N–H and O–H groups in total. The lowest BCUT2D eigenvalue weighted by atomic mass is 9.72. The number of amides is 1. The second kappa shape index (κ2) is 6.42. The fourth-order valence-corrected chi connectivity index (χ4v) is 4.01. The van der Waals surface area contributed by atoms with Gasteiger partial charge in [0.1, 0.15) is 0 Å². The van der Waals surface area contributed by atoms with Crippen LogP contribution in [0.3, 0.4) is 0 Å². The average Bonchev–Trinajstić information content (AvgIpc) is 3.21. The zero-order chi connectivity index (χ0) is 18.3. The number of benzene rings is 1. The Labute approximate surface area is 149 Å². The number of aromatic nitrogens is 2. The van der Waals surface area contributed by atoms with E-state index in [9.17, 15) is 13.6 Å². The van der Waals surface area contributed by atoms with E-state index in [2.05, 4.69) is 10.1 Å². The summed E-state index contributed by atoms with van der Waals surface area (Å²) < 4.78 is 37.6. The molecule has 1 aromatic heterocycles. The third kappa shape index (κ3) is 2.88. The van der Waals surface area contributed by atoms with Gasteiger partial charge in [0, 0.05) is 37.3 Å². The van der Waals surface area contributed by atoms with Gasteiger partial charge in [0.25, 0.3) is 5.91 Å². The molecule has 6 nitrogen and oxygen atoms in total. The van der Waals surface area contributed by atoms with E-state index in [1.807, 2.05) is 0 Å². The van der Waals surface area contributed by atoms with Gasteiger partial charge in [0.05, 0.1) is 5.92 Å². The van der Waals surface area contributed by atoms with Gasteiger partial charge < -0.3 is 14.2 Å². The molecule has 2 saturated heterocycles. The second-order valence-corrected chi connectivity index (χ2v) is 7.02. The SMILES string of the molecule is Cc1noc(C2CN(C(=O)c3ccc(F)c(F)c3)CC23CCOCC3)n1. The molecular formula is C18H19F2N3O3. The molecule has 2 aliphatic rings. The first kappa shape index (κ1) is 17.1. The lowest BCUT2D eigenvalue weighted by Crippen LogP contribution is -2.37. The van der Waals surface area contributed by atoms with E-state index in [4.69, 9.17) is 9.26 Å². The highest BCUT2D eigenvalue weighted by Gasteiger charge is 2.51. The van der Waals surface area contributed by atoms with E-state index in [0.29, 0.717) is 38.0 Å². The highest BCUT2D eigenvalue weighted by molar-refractivity contribution is 5.94. The van der Waals surface area contributed by atoms with Gasteiger partial charge >= 0.3 is 0 Å². The van der Waals surface area contributed by atoms with Crippen molar-refractivity contribution >= 4 is 5.91 Å². The topological polar surface area (TPSA) is 68.5 Å². The molecule has 1 atom stereocenters. The van der Waals surface area contributed by atoms with Crippen LogP contribution in [0.4, 0.5) is 8.78 Å². The summed E-state index contributed by atoms with van der Waals surface area (Å²) >= 11 is 0. The summed E-state index contributed by atoms with van der Waals surface area (Å²) in [4.78, 5) is 18.9. The van der Waals surface area contributed by atoms with Crippen molar-refractivity contribution in [1.29, 1.82) is 0 Å². The molecule has 1 aromatic carbocycles. The largest absolute Gasteiger partial charge is 0.381 e. The van der Waals surface area contributed by atoms with Crippen LogP contribution >= 0.6 is 0 Å². The zero-order valence-electron chi connectivity index (χ0n) is 14.4. The molecule has 0 bridgehead atoms. The Morgan fingerprint density at radius 2 is 2.04 bits per heavy atom. The number of halogens is 2. The van der Waals surface area contributed by atoms with Gasteiger partial charge in [-0.2, -0.15) is 4.98 Å². The lowest BCUT2D eigenvalue weighted by molar-refractivity contribution is 0.00836. The fourth-order valence-electron chi connectivity index (χ4n) is 4.01. The van der Waals surface area contributed by atoms with Gasteiger partial charge in [0.2, 0.25) is 5.89 Å². The number of carbonyl (C=O) groups excluding carboxylic acids is 1. The minimum atomic E-state index is -1.03. The molecule has 1 spiro atoms. The molecule has 2 aromatic rings. The summed E-state index contributed by atoms with van der Waals surface area (Å²) in [5.74, 6) is -1.35. The van der Waals surface area contributed by atoms with E-state index < -0.39 is 11.6 Å². The lowest BCUT2D eigenvalue weighted by Gasteiger charge is -2.36. The Morgan fingerprint density at radius 3 is 2.69 bits per heavy atom. The molecule has 2 aliphatic heterocycles. The van der Waals surface area contributed by atoms with E-state index >= 15 is 0 Å². The van der Waals surface area contributed by atoms with Crippen LogP contribution in [0.1, 0.15) is 40.8 Å². The van der Waals surface area contributed by atoms with Crippen LogP contribution in [0.25, 0.3) is 0 Å². The van der Waals surface area contributed by atoms with Crippen LogP contribution in [-0.4, -0.2) is 47.3 Å². The summed E-state index contributed by atoms with van der Waals surface area (Å²) in [5, 5.41) is 3.88. The summed E-state index contributed by atoms with van der Waals surface area (Å²) in [6.07, 6.45) is 1.56. The molecule has 1 unspecified atom stereocenters.